The molecule has 14 heavy (non-hydrogen) atoms. The van der Waals surface area contributed by atoms with E-state index in [2.05, 4.69) is 23.5 Å². The van der Waals surface area contributed by atoms with Crippen molar-refractivity contribution in [1.82, 2.24) is 4.90 Å². The van der Waals surface area contributed by atoms with E-state index in [1.807, 2.05) is 11.8 Å². The second-order valence-corrected chi connectivity index (χ2v) is 5.72. The molecule has 0 aromatic heterocycles. The van der Waals surface area contributed by atoms with Crippen molar-refractivity contribution in [3.8, 4) is 0 Å². The third-order valence-electron chi connectivity index (χ3n) is 2.36. The van der Waals surface area contributed by atoms with Gasteiger partial charge in [0.25, 0.3) is 0 Å². The molecular weight excluding hydrogens is 198 g/mol. The van der Waals surface area contributed by atoms with Gasteiger partial charge in [-0.1, -0.05) is 13.8 Å². The van der Waals surface area contributed by atoms with Gasteiger partial charge < -0.3 is 9.64 Å². The summed E-state index contributed by atoms with van der Waals surface area (Å²) in [6.45, 7) is 7.50. The minimum absolute atomic E-state index is 0.108. The highest BCUT2D eigenvalue weighted by Crippen LogP contribution is 2.24. The van der Waals surface area contributed by atoms with E-state index in [-0.39, 0.29) is 5.97 Å². The molecule has 4 heteroatoms. The highest BCUT2D eigenvalue weighted by molar-refractivity contribution is 8.00. The Morgan fingerprint density at radius 2 is 2.00 bits per heavy atom. The quantitative estimate of drug-likeness (QED) is 0.668. The summed E-state index contributed by atoms with van der Waals surface area (Å²) in [6, 6.07) is 0. The number of nitrogens with zero attached hydrogens (tertiary/aromatic N) is 1. The minimum atomic E-state index is -0.108. The second-order valence-electron chi connectivity index (χ2n) is 3.84. The van der Waals surface area contributed by atoms with E-state index in [4.69, 9.17) is 0 Å². The monoisotopic (exact) mass is 217 g/mol. The Balaban J connectivity index is 2.26. The number of hydrogen-bond acceptors (Lipinski definition) is 4. The van der Waals surface area contributed by atoms with Crippen molar-refractivity contribution in [3.05, 3.63) is 0 Å². The van der Waals surface area contributed by atoms with Crippen molar-refractivity contribution in [2.45, 2.75) is 30.8 Å². The number of carbonyl (C=O) groups excluding carboxylic acids is 1. The number of esters is 1. The SMILES string of the molecule is COC(=O)CCN1CC(C)SC(C)C1. The number of rotatable bonds is 3. The molecule has 1 saturated heterocycles. The normalized spacial score (nSPS) is 28.8. The summed E-state index contributed by atoms with van der Waals surface area (Å²) in [6.07, 6.45) is 0.514. The van der Waals surface area contributed by atoms with Crippen LogP contribution in [0.3, 0.4) is 0 Å². The largest absolute Gasteiger partial charge is 0.469 e. The molecule has 0 aliphatic carbocycles. The Morgan fingerprint density at radius 3 is 2.50 bits per heavy atom. The lowest BCUT2D eigenvalue weighted by Gasteiger charge is -2.34. The number of methoxy groups -OCH3 is 1. The van der Waals surface area contributed by atoms with Crippen molar-refractivity contribution in [2.75, 3.05) is 26.7 Å². The van der Waals surface area contributed by atoms with E-state index in [0.29, 0.717) is 16.9 Å². The van der Waals surface area contributed by atoms with Gasteiger partial charge in [0, 0.05) is 30.1 Å². The highest BCUT2D eigenvalue weighted by Gasteiger charge is 2.22. The summed E-state index contributed by atoms with van der Waals surface area (Å²) >= 11 is 2.03. The predicted molar refractivity (Wildman–Crippen MR) is 59.6 cm³/mol. The van der Waals surface area contributed by atoms with Crippen LogP contribution < -0.4 is 0 Å². The molecular formula is C10H19NO2S. The maximum Gasteiger partial charge on any atom is 0.306 e. The maximum atomic E-state index is 11.0. The molecule has 0 aromatic rings. The summed E-state index contributed by atoms with van der Waals surface area (Å²) in [7, 11) is 1.44. The first-order valence-corrected chi connectivity index (χ1v) is 6.00. The summed E-state index contributed by atoms with van der Waals surface area (Å²) in [5, 5.41) is 1.35. The topological polar surface area (TPSA) is 29.5 Å². The number of thioether (sulfide) groups is 1. The molecule has 2 unspecified atom stereocenters. The molecule has 1 fully saturated rings. The number of carbonyl (C=O) groups is 1. The van der Waals surface area contributed by atoms with E-state index < -0.39 is 0 Å². The van der Waals surface area contributed by atoms with Crippen LogP contribution in [0.5, 0.6) is 0 Å². The Labute approximate surface area is 90.2 Å². The van der Waals surface area contributed by atoms with Gasteiger partial charge in [-0.3, -0.25) is 4.79 Å². The molecule has 0 spiro atoms. The molecule has 0 radical (unpaired) electrons. The van der Waals surface area contributed by atoms with Gasteiger partial charge >= 0.3 is 5.97 Å². The van der Waals surface area contributed by atoms with E-state index in [9.17, 15) is 4.79 Å². The number of ether oxygens (including phenoxy) is 1. The average Bonchev–Trinajstić information content (AvgIpc) is 2.12. The fraction of sp³-hybridized carbons (Fsp3) is 0.900. The average molecular weight is 217 g/mol. The van der Waals surface area contributed by atoms with Crippen LogP contribution in [-0.4, -0.2) is 48.1 Å². The van der Waals surface area contributed by atoms with Crippen molar-refractivity contribution < 1.29 is 9.53 Å². The fourth-order valence-electron chi connectivity index (χ4n) is 1.82. The van der Waals surface area contributed by atoms with Crippen LogP contribution in [0.15, 0.2) is 0 Å². The van der Waals surface area contributed by atoms with Crippen LogP contribution in [0.4, 0.5) is 0 Å². The van der Waals surface area contributed by atoms with Gasteiger partial charge in [0.2, 0.25) is 0 Å². The van der Waals surface area contributed by atoms with Crippen molar-refractivity contribution in [2.24, 2.45) is 0 Å². The third-order valence-corrected chi connectivity index (χ3v) is 3.58. The Morgan fingerprint density at radius 1 is 1.43 bits per heavy atom. The van der Waals surface area contributed by atoms with Gasteiger partial charge in [-0.05, 0) is 0 Å². The zero-order chi connectivity index (χ0) is 10.6. The van der Waals surface area contributed by atoms with Gasteiger partial charge in [0.05, 0.1) is 13.5 Å². The molecule has 1 aliphatic rings. The van der Waals surface area contributed by atoms with E-state index in [1.165, 1.54) is 7.11 Å². The molecule has 3 nitrogen and oxygen atoms in total. The van der Waals surface area contributed by atoms with E-state index in [1.54, 1.807) is 0 Å². The lowest BCUT2D eigenvalue weighted by Crippen LogP contribution is -2.41. The fourth-order valence-corrected chi connectivity index (χ4v) is 3.21. The summed E-state index contributed by atoms with van der Waals surface area (Å²) in [5.74, 6) is -0.108. The summed E-state index contributed by atoms with van der Waals surface area (Å²) < 4.78 is 4.62. The van der Waals surface area contributed by atoms with Crippen molar-refractivity contribution in [3.63, 3.8) is 0 Å². The third kappa shape index (κ3) is 3.88. The second kappa shape index (κ2) is 5.61. The first-order chi connectivity index (χ1) is 6.61. The molecule has 0 saturated carbocycles. The van der Waals surface area contributed by atoms with Gasteiger partial charge in [-0.2, -0.15) is 11.8 Å². The molecule has 0 bridgehead atoms. The van der Waals surface area contributed by atoms with Crippen LogP contribution in [-0.2, 0) is 9.53 Å². The van der Waals surface area contributed by atoms with Crippen molar-refractivity contribution >= 4 is 17.7 Å². The van der Waals surface area contributed by atoms with Crippen molar-refractivity contribution in [1.29, 1.82) is 0 Å². The number of hydrogen-bond donors (Lipinski definition) is 0. The smallest absolute Gasteiger partial charge is 0.306 e. The standard InChI is InChI=1S/C10H19NO2S/c1-8-6-11(7-9(2)14-8)5-4-10(12)13-3/h8-9H,4-7H2,1-3H3. The van der Waals surface area contributed by atoms with Gasteiger partial charge in [0.15, 0.2) is 0 Å². The van der Waals surface area contributed by atoms with Crippen LogP contribution in [0, 0.1) is 0 Å². The molecule has 1 heterocycles. The minimum Gasteiger partial charge on any atom is -0.469 e. The zero-order valence-corrected chi connectivity index (χ0v) is 9.97. The first-order valence-electron chi connectivity index (χ1n) is 5.06. The molecule has 1 rings (SSSR count). The van der Waals surface area contributed by atoms with Crippen LogP contribution in [0.25, 0.3) is 0 Å². The van der Waals surface area contributed by atoms with E-state index >= 15 is 0 Å². The first kappa shape index (κ1) is 11.9. The Hall–Kier alpha value is -0.220. The molecule has 82 valence electrons. The Bertz CT molecular complexity index is 189. The Kier molecular flexibility index (Phi) is 4.75. The molecule has 2 atom stereocenters. The van der Waals surface area contributed by atoms with Gasteiger partial charge in [-0.25, -0.2) is 0 Å². The zero-order valence-electron chi connectivity index (χ0n) is 9.16. The van der Waals surface area contributed by atoms with Gasteiger partial charge in [-0.15, -0.1) is 0 Å². The summed E-state index contributed by atoms with van der Waals surface area (Å²) in [5.41, 5.74) is 0. The molecule has 0 N–H and O–H groups in total. The van der Waals surface area contributed by atoms with Crippen LogP contribution in [0.1, 0.15) is 20.3 Å². The summed E-state index contributed by atoms with van der Waals surface area (Å²) in [4.78, 5) is 13.3. The molecule has 0 aromatic carbocycles. The lowest BCUT2D eigenvalue weighted by atomic mass is 10.3. The molecule has 0 amide bonds. The maximum absolute atomic E-state index is 11.0. The van der Waals surface area contributed by atoms with Crippen LogP contribution in [0.2, 0.25) is 0 Å². The van der Waals surface area contributed by atoms with Gasteiger partial charge in [0.1, 0.15) is 0 Å². The predicted octanol–water partition coefficient (Wildman–Crippen LogP) is 1.38. The highest BCUT2D eigenvalue weighted by atomic mass is 32.2. The molecule has 1 aliphatic heterocycles. The van der Waals surface area contributed by atoms with Crippen LogP contribution >= 0.6 is 11.8 Å². The lowest BCUT2D eigenvalue weighted by molar-refractivity contribution is -0.141. The van der Waals surface area contributed by atoms with E-state index in [0.717, 1.165) is 19.6 Å².